The Labute approximate surface area is 341 Å². The van der Waals surface area contributed by atoms with Crippen molar-refractivity contribution in [2.75, 3.05) is 4.90 Å². The number of oxazole rings is 1. The molecule has 0 amide bonds. The molecule has 4 heteroatoms. The number of nitrogens with zero attached hydrogens (tertiary/aromatic N) is 2. The summed E-state index contributed by atoms with van der Waals surface area (Å²) in [6.07, 6.45) is 0. The van der Waals surface area contributed by atoms with E-state index >= 15 is 0 Å². The number of para-hydroxylation sites is 1. The van der Waals surface area contributed by atoms with E-state index in [9.17, 15) is 0 Å². The van der Waals surface area contributed by atoms with Crippen LogP contribution in [-0.2, 0) is 0 Å². The lowest BCUT2D eigenvalue weighted by Gasteiger charge is -2.26. The van der Waals surface area contributed by atoms with E-state index in [0.29, 0.717) is 11.5 Å². The SMILES string of the molecule is c1ccc(-c2ccc(-c3ccc(N(c4ccc(-c5ccccc5)cc4)c4ccc(-c5c6oc(-c7ccccc7)nc6cc6c5oc5ccccc56)cc4)cc3)cc2)cc1. The van der Waals surface area contributed by atoms with Crippen molar-refractivity contribution >= 4 is 50.1 Å². The Bertz CT molecular complexity index is 3210. The number of anilines is 3. The average molecular weight is 757 g/mol. The molecule has 9 aromatic carbocycles. The molecular formula is C55H36N2O2. The van der Waals surface area contributed by atoms with Crippen LogP contribution in [0.4, 0.5) is 17.1 Å². The van der Waals surface area contributed by atoms with Gasteiger partial charge in [-0.3, -0.25) is 0 Å². The average Bonchev–Trinajstić information content (AvgIpc) is 3.92. The lowest BCUT2D eigenvalue weighted by molar-refractivity contribution is 0.619. The summed E-state index contributed by atoms with van der Waals surface area (Å²) in [5.74, 6) is 0.580. The van der Waals surface area contributed by atoms with Gasteiger partial charge in [-0.1, -0.05) is 158 Å². The predicted octanol–water partition coefficient (Wildman–Crippen LogP) is 15.5. The molecule has 11 rings (SSSR count). The summed E-state index contributed by atoms with van der Waals surface area (Å²) in [4.78, 5) is 7.30. The van der Waals surface area contributed by atoms with Gasteiger partial charge in [0.05, 0.1) is 5.56 Å². The van der Waals surface area contributed by atoms with Crippen molar-refractivity contribution in [2.24, 2.45) is 0 Å². The van der Waals surface area contributed by atoms with Crippen molar-refractivity contribution < 1.29 is 8.83 Å². The van der Waals surface area contributed by atoms with E-state index in [2.05, 4.69) is 175 Å². The van der Waals surface area contributed by atoms with Crippen LogP contribution in [0.25, 0.3) is 89.0 Å². The van der Waals surface area contributed by atoms with Crippen LogP contribution in [0, 0.1) is 0 Å². The largest absolute Gasteiger partial charge is 0.455 e. The van der Waals surface area contributed by atoms with Gasteiger partial charge in [-0.15, -0.1) is 0 Å². The molecule has 0 spiro atoms. The molecule has 0 saturated heterocycles. The van der Waals surface area contributed by atoms with Gasteiger partial charge in [0.1, 0.15) is 16.7 Å². The van der Waals surface area contributed by atoms with Gasteiger partial charge in [-0.2, -0.15) is 0 Å². The van der Waals surface area contributed by atoms with Gasteiger partial charge in [0.2, 0.25) is 5.89 Å². The van der Waals surface area contributed by atoms with Crippen LogP contribution < -0.4 is 4.90 Å². The zero-order valence-corrected chi connectivity index (χ0v) is 32.0. The molecule has 4 nitrogen and oxygen atoms in total. The second-order valence-electron chi connectivity index (χ2n) is 14.7. The highest BCUT2D eigenvalue weighted by Crippen LogP contribution is 2.44. The van der Waals surface area contributed by atoms with Gasteiger partial charge in [-0.05, 0) is 99.6 Å². The van der Waals surface area contributed by atoms with E-state index in [0.717, 1.165) is 66.8 Å². The second-order valence-corrected chi connectivity index (χ2v) is 14.7. The highest BCUT2D eigenvalue weighted by Gasteiger charge is 2.22. The number of rotatable bonds is 8. The summed E-state index contributed by atoms with van der Waals surface area (Å²) >= 11 is 0. The summed E-state index contributed by atoms with van der Waals surface area (Å²) in [6.45, 7) is 0. The van der Waals surface area contributed by atoms with Crippen molar-refractivity contribution in [3.8, 4) is 56.0 Å². The Hall–Kier alpha value is -7.95. The zero-order valence-electron chi connectivity index (χ0n) is 32.0. The van der Waals surface area contributed by atoms with Crippen LogP contribution in [0.1, 0.15) is 0 Å². The lowest BCUT2D eigenvalue weighted by atomic mass is 9.99. The van der Waals surface area contributed by atoms with Gasteiger partial charge in [-0.25, -0.2) is 4.98 Å². The van der Waals surface area contributed by atoms with Crippen LogP contribution >= 0.6 is 0 Å². The van der Waals surface area contributed by atoms with Crippen molar-refractivity contribution in [1.82, 2.24) is 4.98 Å². The fraction of sp³-hybridized carbons (Fsp3) is 0. The summed E-state index contributed by atoms with van der Waals surface area (Å²) in [5.41, 5.74) is 16.1. The molecule has 0 aliphatic carbocycles. The first-order valence-corrected chi connectivity index (χ1v) is 19.9. The van der Waals surface area contributed by atoms with Gasteiger partial charge >= 0.3 is 0 Å². The minimum atomic E-state index is 0.580. The third-order valence-corrected chi connectivity index (χ3v) is 11.1. The first-order valence-electron chi connectivity index (χ1n) is 19.9. The van der Waals surface area contributed by atoms with E-state index < -0.39 is 0 Å². The maximum atomic E-state index is 6.60. The Balaban J connectivity index is 1.00. The first kappa shape index (κ1) is 34.3. The van der Waals surface area contributed by atoms with E-state index in [4.69, 9.17) is 13.8 Å². The highest BCUT2D eigenvalue weighted by molar-refractivity contribution is 6.16. The van der Waals surface area contributed by atoms with Gasteiger partial charge in [0.15, 0.2) is 5.58 Å². The standard InChI is InChI=1S/C55H36N2O2/c1-4-12-37(13-5-1)39-20-22-40(23-21-39)42-26-32-46(33-27-42)57(45-30-24-41(25-31-45)38-14-6-2-7-15-38)47-34-28-43(29-35-47)52-53-49(48-18-10-11-19-51(48)58-53)36-50-54(52)59-55(56-50)44-16-8-3-9-17-44/h1-36H. The quantitative estimate of drug-likeness (QED) is 0.155. The topological polar surface area (TPSA) is 42.4 Å². The molecule has 59 heavy (non-hydrogen) atoms. The van der Waals surface area contributed by atoms with Gasteiger partial charge in [0.25, 0.3) is 0 Å². The zero-order chi connectivity index (χ0) is 39.1. The van der Waals surface area contributed by atoms with E-state index in [1.54, 1.807) is 0 Å². The monoisotopic (exact) mass is 756 g/mol. The fourth-order valence-corrected chi connectivity index (χ4v) is 8.16. The Morgan fingerprint density at radius 2 is 0.729 bits per heavy atom. The summed E-state index contributed by atoms with van der Waals surface area (Å²) in [5, 5.41) is 2.06. The van der Waals surface area contributed by atoms with Crippen LogP contribution in [0.3, 0.4) is 0 Å². The molecule has 0 fully saturated rings. The minimum absolute atomic E-state index is 0.580. The molecular weight excluding hydrogens is 721 g/mol. The van der Waals surface area contributed by atoms with Crippen molar-refractivity contribution in [1.29, 1.82) is 0 Å². The maximum Gasteiger partial charge on any atom is 0.227 e. The van der Waals surface area contributed by atoms with Crippen LogP contribution in [0.2, 0.25) is 0 Å². The Kier molecular flexibility index (Phi) is 8.45. The molecule has 2 heterocycles. The van der Waals surface area contributed by atoms with Crippen molar-refractivity contribution in [2.45, 2.75) is 0 Å². The number of hydrogen-bond donors (Lipinski definition) is 0. The summed E-state index contributed by atoms with van der Waals surface area (Å²) < 4.78 is 13.2. The number of aromatic nitrogens is 1. The molecule has 0 radical (unpaired) electrons. The summed E-state index contributed by atoms with van der Waals surface area (Å²) in [6, 6.07) is 76.4. The summed E-state index contributed by atoms with van der Waals surface area (Å²) in [7, 11) is 0. The van der Waals surface area contributed by atoms with Crippen LogP contribution in [0.15, 0.2) is 227 Å². The molecule has 2 aromatic heterocycles. The van der Waals surface area contributed by atoms with E-state index in [1.807, 2.05) is 48.5 Å². The second kappa shape index (κ2) is 14.5. The van der Waals surface area contributed by atoms with E-state index in [1.165, 1.54) is 27.8 Å². The van der Waals surface area contributed by atoms with Crippen LogP contribution in [0.5, 0.6) is 0 Å². The number of fused-ring (bicyclic) bond motifs is 4. The molecule has 0 bridgehead atoms. The van der Waals surface area contributed by atoms with Crippen molar-refractivity contribution in [3.05, 3.63) is 218 Å². The Morgan fingerprint density at radius 1 is 0.322 bits per heavy atom. The van der Waals surface area contributed by atoms with Gasteiger partial charge < -0.3 is 13.7 Å². The number of furan rings is 1. The highest BCUT2D eigenvalue weighted by atomic mass is 16.4. The molecule has 11 aromatic rings. The van der Waals surface area contributed by atoms with Crippen LogP contribution in [-0.4, -0.2) is 4.98 Å². The number of benzene rings is 9. The molecule has 0 aliphatic rings. The lowest BCUT2D eigenvalue weighted by Crippen LogP contribution is -2.09. The molecule has 0 atom stereocenters. The fourth-order valence-electron chi connectivity index (χ4n) is 8.16. The predicted molar refractivity (Wildman–Crippen MR) is 243 cm³/mol. The first-order chi connectivity index (χ1) is 29.2. The smallest absolute Gasteiger partial charge is 0.227 e. The molecule has 278 valence electrons. The number of hydrogen-bond acceptors (Lipinski definition) is 4. The van der Waals surface area contributed by atoms with Crippen molar-refractivity contribution in [3.63, 3.8) is 0 Å². The molecule has 0 saturated carbocycles. The maximum absolute atomic E-state index is 6.60. The molecule has 0 unspecified atom stereocenters. The minimum Gasteiger partial charge on any atom is -0.455 e. The third-order valence-electron chi connectivity index (χ3n) is 11.1. The van der Waals surface area contributed by atoms with Gasteiger partial charge in [0, 0.05) is 33.4 Å². The van der Waals surface area contributed by atoms with E-state index in [-0.39, 0.29) is 0 Å². The Morgan fingerprint density at radius 3 is 1.24 bits per heavy atom. The normalized spacial score (nSPS) is 11.4. The third kappa shape index (κ3) is 6.34. The molecule has 0 aliphatic heterocycles. The molecule has 0 N–H and O–H groups in total.